The second-order valence-electron chi connectivity index (χ2n) is 8.30. The average molecular weight is 460 g/mol. The van der Waals surface area contributed by atoms with Gasteiger partial charge in [0.05, 0.1) is 16.6 Å². The zero-order valence-electron chi connectivity index (χ0n) is 17.4. The highest BCUT2D eigenvalue weighted by Crippen LogP contribution is 2.32. The van der Waals surface area contributed by atoms with E-state index in [2.05, 4.69) is 10.2 Å². The summed E-state index contributed by atoms with van der Waals surface area (Å²) in [7, 11) is 0. The van der Waals surface area contributed by atoms with Crippen molar-refractivity contribution in [3.8, 4) is 0 Å². The Morgan fingerprint density at radius 2 is 1.61 bits per heavy atom. The zero-order chi connectivity index (χ0) is 21.8. The van der Waals surface area contributed by atoms with Crippen molar-refractivity contribution in [2.75, 3.05) is 31.5 Å². The molecule has 164 valence electrons. The van der Waals surface area contributed by atoms with Crippen molar-refractivity contribution >= 4 is 40.7 Å². The van der Waals surface area contributed by atoms with E-state index in [1.165, 1.54) is 12.8 Å². The molecule has 4 rings (SSSR count). The standard InChI is InChI=1S/C24H27Cl2N3O2/c25-18-10-11-20(21(26)16-18)24(31)29-14-12-28(13-15-29)22(17-6-4-5-7-17)23(30)27-19-8-2-1-3-9-19/h1-3,8-11,16-17,22H,4-7,12-15H2,(H,27,30)/t22-/m1/s1. The second kappa shape index (κ2) is 10.0. The van der Waals surface area contributed by atoms with E-state index >= 15 is 0 Å². The zero-order valence-corrected chi connectivity index (χ0v) is 18.9. The number of nitrogens with zero attached hydrogens (tertiary/aromatic N) is 2. The minimum atomic E-state index is -0.168. The van der Waals surface area contributed by atoms with Gasteiger partial charge in [-0.1, -0.05) is 54.2 Å². The number of piperazine rings is 1. The maximum atomic E-state index is 13.2. The highest BCUT2D eigenvalue weighted by atomic mass is 35.5. The largest absolute Gasteiger partial charge is 0.336 e. The lowest BCUT2D eigenvalue weighted by atomic mass is 9.94. The number of rotatable bonds is 5. The van der Waals surface area contributed by atoms with E-state index in [1.807, 2.05) is 35.2 Å². The molecular formula is C24H27Cl2N3O2. The van der Waals surface area contributed by atoms with Gasteiger partial charge in [-0.3, -0.25) is 14.5 Å². The van der Waals surface area contributed by atoms with Crippen molar-refractivity contribution in [2.45, 2.75) is 31.7 Å². The molecule has 1 aliphatic heterocycles. The highest BCUT2D eigenvalue weighted by Gasteiger charge is 2.37. The van der Waals surface area contributed by atoms with Crippen LogP contribution in [0.5, 0.6) is 0 Å². The Morgan fingerprint density at radius 1 is 0.935 bits per heavy atom. The molecule has 2 aromatic rings. The van der Waals surface area contributed by atoms with Crippen molar-refractivity contribution in [1.82, 2.24) is 9.80 Å². The minimum absolute atomic E-state index is 0.0543. The summed E-state index contributed by atoms with van der Waals surface area (Å²) in [5.41, 5.74) is 1.29. The molecule has 2 aromatic carbocycles. The Kier molecular flexibility index (Phi) is 7.16. The van der Waals surface area contributed by atoms with Gasteiger partial charge in [0.25, 0.3) is 5.91 Å². The van der Waals surface area contributed by atoms with Gasteiger partial charge in [-0.2, -0.15) is 0 Å². The molecule has 0 spiro atoms. The lowest BCUT2D eigenvalue weighted by Gasteiger charge is -2.40. The van der Waals surface area contributed by atoms with Crippen molar-refractivity contribution in [2.24, 2.45) is 5.92 Å². The molecule has 1 heterocycles. The van der Waals surface area contributed by atoms with Crippen LogP contribution in [-0.4, -0.2) is 53.8 Å². The third-order valence-electron chi connectivity index (χ3n) is 6.31. The van der Waals surface area contributed by atoms with Gasteiger partial charge in [0.15, 0.2) is 0 Å². The molecule has 2 aliphatic rings. The fourth-order valence-electron chi connectivity index (χ4n) is 4.73. The smallest absolute Gasteiger partial charge is 0.255 e. The van der Waals surface area contributed by atoms with E-state index in [0.717, 1.165) is 18.5 Å². The van der Waals surface area contributed by atoms with E-state index in [4.69, 9.17) is 23.2 Å². The number of anilines is 1. The lowest BCUT2D eigenvalue weighted by Crippen LogP contribution is -2.57. The third kappa shape index (κ3) is 5.22. The van der Waals surface area contributed by atoms with Crippen LogP contribution in [0.2, 0.25) is 10.0 Å². The Balaban J connectivity index is 1.43. The molecule has 0 aromatic heterocycles. The molecule has 1 saturated heterocycles. The van der Waals surface area contributed by atoms with Gasteiger partial charge in [0.2, 0.25) is 5.91 Å². The third-order valence-corrected chi connectivity index (χ3v) is 6.86. The first-order valence-electron chi connectivity index (χ1n) is 10.9. The average Bonchev–Trinajstić information content (AvgIpc) is 3.29. The van der Waals surface area contributed by atoms with Crippen LogP contribution in [0.3, 0.4) is 0 Å². The SMILES string of the molecule is O=C(Nc1ccccc1)[C@@H](C1CCCC1)N1CCN(C(=O)c2ccc(Cl)cc2Cl)CC1. The molecule has 5 nitrogen and oxygen atoms in total. The van der Waals surface area contributed by atoms with Crippen LogP contribution in [-0.2, 0) is 4.79 Å². The summed E-state index contributed by atoms with van der Waals surface area (Å²) in [6.07, 6.45) is 4.50. The molecular weight excluding hydrogens is 433 g/mol. The van der Waals surface area contributed by atoms with Crippen LogP contribution in [0.1, 0.15) is 36.0 Å². The monoisotopic (exact) mass is 459 g/mol. The lowest BCUT2D eigenvalue weighted by molar-refractivity contribution is -0.123. The van der Waals surface area contributed by atoms with Crippen molar-refractivity contribution in [3.63, 3.8) is 0 Å². The summed E-state index contributed by atoms with van der Waals surface area (Å²) in [6, 6.07) is 14.4. The number of nitrogens with one attached hydrogen (secondary N) is 1. The number of amides is 2. The minimum Gasteiger partial charge on any atom is -0.336 e. The first-order valence-corrected chi connectivity index (χ1v) is 11.6. The van der Waals surface area contributed by atoms with Crippen molar-refractivity contribution in [1.29, 1.82) is 0 Å². The first-order chi connectivity index (χ1) is 15.0. The molecule has 7 heteroatoms. The molecule has 1 N–H and O–H groups in total. The first kappa shape index (κ1) is 22.1. The van der Waals surface area contributed by atoms with Crippen molar-refractivity contribution in [3.05, 3.63) is 64.1 Å². The van der Waals surface area contributed by atoms with Crippen LogP contribution in [0.4, 0.5) is 5.69 Å². The maximum absolute atomic E-state index is 13.2. The number of carbonyl (C=O) groups is 2. The molecule has 0 bridgehead atoms. The quantitative estimate of drug-likeness (QED) is 0.687. The van der Waals surface area contributed by atoms with Gasteiger partial charge >= 0.3 is 0 Å². The molecule has 0 unspecified atom stereocenters. The molecule has 1 aliphatic carbocycles. The topological polar surface area (TPSA) is 52.7 Å². The van der Waals surface area contributed by atoms with Crippen LogP contribution in [0, 0.1) is 5.92 Å². The van der Waals surface area contributed by atoms with Gasteiger partial charge in [0.1, 0.15) is 0 Å². The van der Waals surface area contributed by atoms with E-state index in [1.54, 1.807) is 18.2 Å². The highest BCUT2D eigenvalue weighted by molar-refractivity contribution is 6.36. The number of hydrogen-bond donors (Lipinski definition) is 1. The van der Waals surface area contributed by atoms with Crippen LogP contribution >= 0.6 is 23.2 Å². The predicted octanol–water partition coefficient (Wildman–Crippen LogP) is 4.95. The Morgan fingerprint density at radius 3 is 2.26 bits per heavy atom. The van der Waals surface area contributed by atoms with Gasteiger partial charge < -0.3 is 10.2 Å². The number of benzene rings is 2. The summed E-state index contributed by atoms with van der Waals surface area (Å²) < 4.78 is 0. The summed E-state index contributed by atoms with van der Waals surface area (Å²) in [5, 5.41) is 3.97. The number of carbonyl (C=O) groups excluding carboxylic acids is 2. The van der Waals surface area contributed by atoms with Crippen LogP contribution in [0.25, 0.3) is 0 Å². The van der Waals surface area contributed by atoms with E-state index < -0.39 is 0 Å². The maximum Gasteiger partial charge on any atom is 0.255 e. The normalized spacial score (nSPS) is 18.7. The molecule has 2 fully saturated rings. The summed E-state index contributed by atoms with van der Waals surface area (Å²) >= 11 is 12.2. The molecule has 1 saturated carbocycles. The van der Waals surface area contributed by atoms with Crippen molar-refractivity contribution < 1.29 is 9.59 Å². The molecule has 1 atom stereocenters. The number of halogens is 2. The van der Waals surface area contributed by atoms with E-state index in [0.29, 0.717) is 47.7 Å². The summed E-state index contributed by atoms with van der Waals surface area (Å²) in [6.45, 7) is 2.47. The molecule has 0 radical (unpaired) electrons. The van der Waals surface area contributed by atoms with Crippen LogP contribution in [0.15, 0.2) is 48.5 Å². The summed E-state index contributed by atoms with van der Waals surface area (Å²) in [4.78, 5) is 30.3. The number of hydrogen-bond acceptors (Lipinski definition) is 3. The van der Waals surface area contributed by atoms with E-state index in [9.17, 15) is 9.59 Å². The summed E-state index contributed by atoms with van der Waals surface area (Å²) in [5.74, 6) is 0.322. The van der Waals surface area contributed by atoms with Gasteiger partial charge in [-0.25, -0.2) is 0 Å². The second-order valence-corrected chi connectivity index (χ2v) is 9.14. The Labute approximate surface area is 193 Å². The predicted molar refractivity (Wildman–Crippen MR) is 125 cm³/mol. The molecule has 2 amide bonds. The van der Waals surface area contributed by atoms with Gasteiger partial charge in [-0.05, 0) is 49.1 Å². The Hall–Kier alpha value is -2.08. The van der Waals surface area contributed by atoms with Gasteiger partial charge in [0, 0.05) is 36.9 Å². The fraction of sp³-hybridized carbons (Fsp3) is 0.417. The fourth-order valence-corrected chi connectivity index (χ4v) is 5.21. The number of para-hydroxylation sites is 1. The van der Waals surface area contributed by atoms with Crippen LogP contribution < -0.4 is 5.32 Å². The Bertz CT molecular complexity index is 924. The van der Waals surface area contributed by atoms with E-state index in [-0.39, 0.29) is 17.9 Å². The molecule has 31 heavy (non-hydrogen) atoms. The van der Waals surface area contributed by atoms with Gasteiger partial charge in [-0.15, -0.1) is 0 Å².